The molecule has 1 unspecified atom stereocenters. The zero-order chi connectivity index (χ0) is 23.9. The molecular formula is C25H33N4O4S+. The number of carbonyl (C=O) groups is 1. The van der Waals surface area contributed by atoms with Crippen LogP contribution in [0.15, 0.2) is 47.3 Å². The van der Waals surface area contributed by atoms with Crippen molar-refractivity contribution in [3.63, 3.8) is 0 Å². The highest BCUT2D eigenvalue weighted by molar-refractivity contribution is 7.91. The summed E-state index contributed by atoms with van der Waals surface area (Å²) in [4.78, 5) is 28.4. The summed E-state index contributed by atoms with van der Waals surface area (Å²) < 4.78 is 29.7. The van der Waals surface area contributed by atoms with Gasteiger partial charge in [0.15, 0.2) is 0 Å². The van der Waals surface area contributed by atoms with Crippen LogP contribution < -0.4 is 15.2 Å². The van der Waals surface area contributed by atoms with E-state index < -0.39 is 10.0 Å². The summed E-state index contributed by atoms with van der Waals surface area (Å²) >= 11 is 0. The number of sulfonamides is 1. The van der Waals surface area contributed by atoms with Crippen LogP contribution in [0.25, 0.3) is 0 Å². The Morgan fingerprint density at radius 2 is 1.82 bits per heavy atom. The van der Waals surface area contributed by atoms with E-state index in [9.17, 15) is 18.0 Å². The molecule has 9 heteroatoms. The highest BCUT2D eigenvalue weighted by atomic mass is 32.2. The second kappa shape index (κ2) is 9.19. The van der Waals surface area contributed by atoms with Gasteiger partial charge in [0, 0.05) is 56.9 Å². The molecular weight excluding hydrogens is 452 g/mol. The van der Waals surface area contributed by atoms with Gasteiger partial charge in [-0.1, -0.05) is 30.3 Å². The summed E-state index contributed by atoms with van der Waals surface area (Å²) in [5.74, 6) is 0.700. The number of amides is 1. The van der Waals surface area contributed by atoms with E-state index in [1.54, 1.807) is 46.7 Å². The first-order chi connectivity index (χ1) is 16.3. The molecule has 4 heterocycles. The number of nitrogens with zero attached hydrogens (tertiary/aromatic N) is 2. The van der Waals surface area contributed by atoms with Crippen molar-refractivity contribution in [3.8, 4) is 0 Å². The number of quaternary nitrogens is 1. The largest absolute Gasteiger partial charge is 0.342 e. The molecule has 0 aliphatic carbocycles. The van der Waals surface area contributed by atoms with Crippen LogP contribution in [0.3, 0.4) is 0 Å². The number of piperidine rings is 2. The van der Waals surface area contributed by atoms with Gasteiger partial charge in [-0.25, -0.2) is 8.42 Å². The molecule has 182 valence electrons. The number of fused-ring (bicyclic) bond motifs is 4. The first kappa shape index (κ1) is 23.1. The summed E-state index contributed by atoms with van der Waals surface area (Å²) in [5.41, 5.74) is 1.58. The normalized spacial score (nSPS) is 25.0. The molecule has 2 bridgehead atoms. The first-order valence-corrected chi connectivity index (χ1v) is 13.8. The molecule has 3 atom stereocenters. The number of hydrogen-bond donors (Lipinski definition) is 2. The first-order valence-electron chi connectivity index (χ1n) is 12.2. The van der Waals surface area contributed by atoms with Gasteiger partial charge in [-0.3, -0.25) is 14.3 Å². The molecule has 8 nitrogen and oxygen atoms in total. The molecule has 3 aliphatic heterocycles. The summed E-state index contributed by atoms with van der Waals surface area (Å²) in [7, 11) is -3.68. The Bertz CT molecular complexity index is 1220. The van der Waals surface area contributed by atoms with E-state index in [-0.39, 0.29) is 22.9 Å². The van der Waals surface area contributed by atoms with Gasteiger partial charge < -0.3 is 14.4 Å². The number of anilines is 1. The van der Waals surface area contributed by atoms with Crippen LogP contribution >= 0.6 is 0 Å². The second-order valence-electron chi connectivity index (χ2n) is 10.1. The predicted octanol–water partition coefficient (Wildman–Crippen LogP) is 0.803. The molecule has 2 N–H and O–H groups in total. The SMILES string of the molecule is CC(=O)N1CCC([NH+]2C[C@@H]3C[C@H](C2)c2ccc(NS(=O)(=O)Cc4ccccc4)c(=O)n2C3)CC1. The Hall–Kier alpha value is -2.65. The molecule has 34 heavy (non-hydrogen) atoms. The van der Waals surface area contributed by atoms with Crippen molar-refractivity contribution in [2.24, 2.45) is 5.92 Å². The minimum Gasteiger partial charge on any atom is -0.342 e. The average Bonchev–Trinajstić information content (AvgIpc) is 2.81. The van der Waals surface area contributed by atoms with Gasteiger partial charge in [-0.2, -0.15) is 0 Å². The molecule has 1 amide bonds. The molecule has 3 aliphatic rings. The zero-order valence-corrected chi connectivity index (χ0v) is 20.4. The third-order valence-electron chi connectivity index (χ3n) is 7.73. The lowest BCUT2D eigenvalue weighted by Gasteiger charge is -2.45. The molecule has 0 saturated carbocycles. The van der Waals surface area contributed by atoms with Crippen LogP contribution in [0.5, 0.6) is 0 Å². The summed E-state index contributed by atoms with van der Waals surface area (Å²) in [6.07, 6.45) is 3.14. The number of aromatic nitrogens is 1. The molecule has 5 rings (SSSR count). The van der Waals surface area contributed by atoms with E-state index in [0.717, 1.165) is 51.1 Å². The molecule has 0 spiro atoms. The maximum atomic E-state index is 13.2. The quantitative estimate of drug-likeness (QED) is 0.655. The zero-order valence-electron chi connectivity index (χ0n) is 19.6. The van der Waals surface area contributed by atoms with Crippen LogP contribution in [0.2, 0.25) is 0 Å². The third-order valence-corrected chi connectivity index (χ3v) is 8.97. The fourth-order valence-electron chi connectivity index (χ4n) is 6.11. The predicted molar refractivity (Wildman–Crippen MR) is 130 cm³/mol. The lowest BCUT2D eigenvalue weighted by molar-refractivity contribution is -0.937. The van der Waals surface area contributed by atoms with Crippen LogP contribution in [-0.4, -0.2) is 56.0 Å². The smallest absolute Gasteiger partial charge is 0.275 e. The lowest BCUT2D eigenvalue weighted by Crippen LogP contribution is -3.18. The Morgan fingerprint density at radius 3 is 2.53 bits per heavy atom. The van der Waals surface area contributed by atoms with Gasteiger partial charge in [0.2, 0.25) is 15.9 Å². The lowest BCUT2D eigenvalue weighted by atomic mass is 9.82. The molecule has 1 aromatic carbocycles. The van der Waals surface area contributed by atoms with Gasteiger partial charge in [0.1, 0.15) is 5.69 Å². The third kappa shape index (κ3) is 4.77. The highest BCUT2D eigenvalue weighted by Crippen LogP contribution is 2.31. The Labute approximate surface area is 200 Å². The fraction of sp³-hybridized carbons (Fsp3) is 0.520. The van der Waals surface area contributed by atoms with E-state index in [0.29, 0.717) is 30.0 Å². The number of rotatable bonds is 5. The minimum absolute atomic E-state index is 0.125. The van der Waals surface area contributed by atoms with Crippen molar-refractivity contribution < 1.29 is 18.1 Å². The molecule has 2 saturated heterocycles. The minimum atomic E-state index is -3.68. The summed E-state index contributed by atoms with van der Waals surface area (Å²) in [5, 5.41) is 0. The molecule has 0 radical (unpaired) electrons. The maximum absolute atomic E-state index is 13.2. The number of nitrogens with one attached hydrogen (secondary N) is 2. The summed E-state index contributed by atoms with van der Waals surface area (Å²) in [6.45, 7) is 5.96. The number of pyridine rings is 1. The van der Waals surface area contributed by atoms with E-state index in [2.05, 4.69) is 4.72 Å². The van der Waals surface area contributed by atoms with Gasteiger partial charge >= 0.3 is 0 Å². The Morgan fingerprint density at radius 1 is 1.09 bits per heavy atom. The van der Waals surface area contributed by atoms with Crippen LogP contribution in [0.1, 0.15) is 43.4 Å². The monoisotopic (exact) mass is 485 g/mol. The fourth-order valence-corrected chi connectivity index (χ4v) is 7.30. The molecule has 2 fully saturated rings. The Balaban J connectivity index is 1.30. The van der Waals surface area contributed by atoms with Gasteiger partial charge in [0.25, 0.3) is 5.56 Å². The van der Waals surface area contributed by atoms with E-state index in [1.165, 1.54) is 0 Å². The van der Waals surface area contributed by atoms with Gasteiger partial charge in [-0.05, 0) is 24.1 Å². The van der Waals surface area contributed by atoms with Crippen LogP contribution in [0.4, 0.5) is 5.69 Å². The van der Waals surface area contributed by atoms with E-state index in [1.807, 2.05) is 17.0 Å². The number of benzene rings is 1. The Kier molecular flexibility index (Phi) is 6.24. The highest BCUT2D eigenvalue weighted by Gasteiger charge is 2.41. The van der Waals surface area contributed by atoms with Gasteiger partial charge in [-0.15, -0.1) is 0 Å². The van der Waals surface area contributed by atoms with Crippen molar-refractivity contribution in [2.75, 3.05) is 30.9 Å². The van der Waals surface area contributed by atoms with Crippen molar-refractivity contribution in [3.05, 3.63) is 64.1 Å². The number of hydrogen-bond acceptors (Lipinski definition) is 4. The number of carbonyl (C=O) groups excluding carboxylic acids is 1. The molecule has 2 aromatic rings. The standard InChI is InChI=1S/C25H32N4O4S/c1-18(30)27-11-9-22(10-12-27)28-14-20-13-21(16-28)24-8-7-23(25(31)29(24)15-20)26-34(32,33)17-19-5-3-2-4-6-19/h2-8,20-22,26H,9-17H2,1H3/p+1/t20-,21+/m0/s1. The van der Waals surface area contributed by atoms with Crippen LogP contribution in [-0.2, 0) is 27.1 Å². The topological polar surface area (TPSA) is 92.9 Å². The van der Waals surface area contributed by atoms with Gasteiger partial charge in [0.05, 0.1) is 24.9 Å². The average molecular weight is 486 g/mol. The summed E-state index contributed by atoms with van der Waals surface area (Å²) in [6, 6.07) is 13.1. The van der Waals surface area contributed by atoms with Crippen LogP contribution in [0, 0.1) is 5.92 Å². The van der Waals surface area contributed by atoms with Crippen molar-refractivity contribution >= 4 is 21.6 Å². The maximum Gasteiger partial charge on any atom is 0.275 e. The van der Waals surface area contributed by atoms with Crippen molar-refractivity contribution in [1.82, 2.24) is 9.47 Å². The van der Waals surface area contributed by atoms with Crippen molar-refractivity contribution in [2.45, 2.75) is 50.4 Å². The van der Waals surface area contributed by atoms with E-state index in [4.69, 9.17) is 0 Å². The van der Waals surface area contributed by atoms with E-state index >= 15 is 0 Å². The number of likely N-dealkylation sites (tertiary alicyclic amines) is 2. The molecule has 1 aromatic heterocycles. The second-order valence-corrected chi connectivity index (χ2v) is 11.8. The van der Waals surface area contributed by atoms with Crippen molar-refractivity contribution in [1.29, 1.82) is 0 Å².